The normalized spacial score (nSPS) is 10.9. The molecule has 1 aromatic carbocycles. The molecule has 0 aliphatic rings. The second-order valence-corrected chi connectivity index (χ2v) is 5.49. The molecule has 3 heteroatoms. The third kappa shape index (κ3) is 1.32. The molecule has 0 fully saturated rings. The molecular weight excluding hydrogens is 347 g/mol. The van der Waals surface area contributed by atoms with Gasteiger partial charge in [0.25, 0.3) is 0 Å². The van der Waals surface area contributed by atoms with Crippen molar-refractivity contribution < 1.29 is 0 Å². The fraction of sp³-hybridized carbons (Fsp3) is 0.111. The van der Waals surface area contributed by atoms with E-state index in [1.54, 1.807) is 11.3 Å². The van der Waals surface area contributed by atoms with Crippen LogP contribution in [0, 0.1) is 10.5 Å². The van der Waals surface area contributed by atoms with E-state index in [2.05, 4.69) is 63.0 Å². The van der Waals surface area contributed by atoms with Crippen LogP contribution in [-0.4, -0.2) is 0 Å². The fourth-order valence-corrected chi connectivity index (χ4v) is 3.42. The number of aryl methyl sites for hydroxylation is 1. The number of benzene rings is 1. The highest BCUT2D eigenvalue weighted by atomic mass is 127. The molecule has 0 spiro atoms. The minimum atomic E-state index is 1.23. The first kappa shape index (κ1) is 8.97. The average molecular weight is 353 g/mol. The maximum atomic E-state index is 3.60. The van der Waals surface area contributed by atoms with Gasteiger partial charge in [-0.2, -0.15) is 0 Å². The Kier molecular flexibility index (Phi) is 2.44. The molecular formula is C9H6BrIS. The molecule has 0 bridgehead atoms. The Morgan fingerprint density at radius 2 is 2.17 bits per heavy atom. The van der Waals surface area contributed by atoms with Crippen LogP contribution in [0.25, 0.3) is 10.1 Å². The number of fused-ring (bicyclic) bond motifs is 1. The van der Waals surface area contributed by atoms with Gasteiger partial charge in [0.15, 0.2) is 0 Å². The molecule has 0 amide bonds. The summed E-state index contributed by atoms with van der Waals surface area (Å²) in [6, 6.07) is 4.33. The van der Waals surface area contributed by atoms with Gasteiger partial charge < -0.3 is 0 Å². The summed E-state index contributed by atoms with van der Waals surface area (Å²) in [6.07, 6.45) is 0. The Morgan fingerprint density at radius 3 is 2.92 bits per heavy atom. The van der Waals surface area contributed by atoms with Crippen LogP contribution in [0.2, 0.25) is 0 Å². The van der Waals surface area contributed by atoms with E-state index in [1.165, 1.54) is 23.7 Å². The van der Waals surface area contributed by atoms with Gasteiger partial charge in [-0.1, -0.05) is 6.07 Å². The van der Waals surface area contributed by atoms with Crippen LogP contribution < -0.4 is 0 Å². The van der Waals surface area contributed by atoms with Gasteiger partial charge in [0.05, 0.1) is 0 Å². The second-order valence-electron chi connectivity index (χ2n) is 2.66. The Labute approximate surface area is 97.2 Å². The molecule has 1 heterocycles. The summed E-state index contributed by atoms with van der Waals surface area (Å²) in [5, 5.41) is 3.57. The summed E-state index contributed by atoms with van der Waals surface area (Å²) >= 11 is 7.74. The van der Waals surface area contributed by atoms with Gasteiger partial charge in [0.2, 0.25) is 0 Å². The van der Waals surface area contributed by atoms with Crippen molar-refractivity contribution in [3.63, 3.8) is 0 Å². The number of halogens is 2. The van der Waals surface area contributed by atoms with E-state index in [0.717, 1.165) is 0 Å². The van der Waals surface area contributed by atoms with Crippen LogP contribution in [0.5, 0.6) is 0 Å². The fourth-order valence-electron chi connectivity index (χ4n) is 1.17. The van der Waals surface area contributed by atoms with Crippen LogP contribution in [0.1, 0.15) is 5.56 Å². The Morgan fingerprint density at radius 1 is 1.42 bits per heavy atom. The monoisotopic (exact) mass is 352 g/mol. The van der Waals surface area contributed by atoms with Gasteiger partial charge in [0, 0.05) is 12.7 Å². The predicted molar refractivity (Wildman–Crippen MR) is 67.0 cm³/mol. The SMILES string of the molecule is Cc1csc2c(Br)c(I)ccc12. The van der Waals surface area contributed by atoms with E-state index in [1.807, 2.05) is 0 Å². The maximum absolute atomic E-state index is 3.60. The smallest absolute Gasteiger partial charge is 0.0498 e. The third-order valence-electron chi connectivity index (χ3n) is 1.83. The highest BCUT2D eigenvalue weighted by Crippen LogP contribution is 2.34. The minimum absolute atomic E-state index is 1.23. The first-order chi connectivity index (χ1) is 5.70. The largest absolute Gasteiger partial charge is 0.142 e. The average Bonchev–Trinajstić information content (AvgIpc) is 2.41. The molecule has 0 N–H and O–H groups in total. The molecule has 62 valence electrons. The van der Waals surface area contributed by atoms with Gasteiger partial charge in [-0.15, -0.1) is 11.3 Å². The van der Waals surface area contributed by atoms with Crippen molar-refractivity contribution in [1.82, 2.24) is 0 Å². The molecule has 2 rings (SSSR count). The lowest BCUT2D eigenvalue weighted by atomic mass is 10.2. The molecule has 2 aromatic rings. The quantitative estimate of drug-likeness (QED) is 0.609. The first-order valence-electron chi connectivity index (χ1n) is 3.52. The second kappa shape index (κ2) is 3.27. The van der Waals surface area contributed by atoms with Crippen molar-refractivity contribution in [2.75, 3.05) is 0 Å². The van der Waals surface area contributed by atoms with Crippen LogP contribution in [0.4, 0.5) is 0 Å². The summed E-state index contributed by atoms with van der Waals surface area (Å²) in [7, 11) is 0. The Balaban J connectivity index is 2.93. The third-order valence-corrected chi connectivity index (χ3v) is 5.69. The molecule has 0 aliphatic carbocycles. The summed E-state index contributed by atoms with van der Waals surface area (Å²) in [4.78, 5) is 0. The molecule has 0 aliphatic heterocycles. The molecule has 0 saturated heterocycles. The van der Waals surface area contributed by atoms with E-state index in [-0.39, 0.29) is 0 Å². The number of thiophene rings is 1. The van der Waals surface area contributed by atoms with Crippen LogP contribution in [0.3, 0.4) is 0 Å². The highest BCUT2D eigenvalue weighted by Gasteiger charge is 2.05. The lowest BCUT2D eigenvalue weighted by Crippen LogP contribution is -1.74. The Hall–Kier alpha value is 0.390. The summed E-state index contributed by atoms with van der Waals surface area (Å²) in [5.41, 5.74) is 1.37. The van der Waals surface area contributed by atoms with Gasteiger partial charge in [0.1, 0.15) is 0 Å². The van der Waals surface area contributed by atoms with Crippen molar-refractivity contribution in [2.24, 2.45) is 0 Å². The summed E-state index contributed by atoms with van der Waals surface area (Å²) in [5.74, 6) is 0. The zero-order chi connectivity index (χ0) is 8.72. The van der Waals surface area contributed by atoms with Crippen molar-refractivity contribution >= 4 is 59.9 Å². The van der Waals surface area contributed by atoms with Gasteiger partial charge in [-0.25, -0.2) is 0 Å². The topological polar surface area (TPSA) is 0 Å². The van der Waals surface area contributed by atoms with Gasteiger partial charge in [-0.05, 0) is 67.8 Å². The highest BCUT2D eigenvalue weighted by molar-refractivity contribution is 14.1. The molecule has 0 saturated carbocycles. The van der Waals surface area contributed by atoms with Crippen LogP contribution >= 0.6 is 49.9 Å². The molecule has 0 unspecified atom stereocenters. The molecule has 1 aromatic heterocycles. The maximum Gasteiger partial charge on any atom is 0.0498 e. The zero-order valence-electron chi connectivity index (χ0n) is 6.40. The number of rotatable bonds is 0. The van der Waals surface area contributed by atoms with Crippen LogP contribution in [-0.2, 0) is 0 Å². The summed E-state index contributed by atoms with van der Waals surface area (Å²) < 4.78 is 3.88. The number of hydrogen-bond acceptors (Lipinski definition) is 1. The lowest BCUT2D eigenvalue weighted by Gasteiger charge is -1.97. The van der Waals surface area contributed by atoms with E-state index in [4.69, 9.17) is 0 Å². The lowest BCUT2D eigenvalue weighted by molar-refractivity contribution is 1.58. The molecule has 0 atom stereocenters. The van der Waals surface area contributed by atoms with Crippen molar-refractivity contribution in [1.29, 1.82) is 0 Å². The summed E-state index contributed by atoms with van der Waals surface area (Å²) in [6.45, 7) is 2.15. The van der Waals surface area contributed by atoms with E-state index < -0.39 is 0 Å². The minimum Gasteiger partial charge on any atom is -0.142 e. The molecule has 0 nitrogen and oxygen atoms in total. The van der Waals surface area contributed by atoms with Gasteiger partial charge in [-0.3, -0.25) is 0 Å². The van der Waals surface area contributed by atoms with Crippen molar-refractivity contribution in [3.8, 4) is 0 Å². The van der Waals surface area contributed by atoms with Crippen LogP contribution in [0.15, 0.2) is 22.0 Å². The zero-order valence-corrected chi connectivity index (χ0v) is 11.0. The first-order valence-corrected chi connectivity index (χ1v) is 6.27. The van der Waals surface area contributed by atoms with E-state index in [0.29, 0.717) is 0 Å². The van der Waals surface area contributed by atoms with E-state index in [9.17, 15) is 0 Å². The van der Waals surface area contributed by atoms with Gasteiger partial charge >= 0.3 is 0 Å². The standard InChI is InChI=1S/C9H6BrIS/c1-5-4-12-9-6(5)2-3-7(11)8(9)10/h2-4H,1H3. The predicted octanol–water partition coefficient (Wildman–Crippen LogP) is 4.58. The number of hydrogen-bond donors (Lipinski definition) is 0. The van der Waals surface area contributed by atoms with Crippen molar-refractivity contribution in [2.45, 2.75) is 6.92 Å². The molecule has 0 radical (unpaired) electrons. The molecule has 12 heavy (non-hydrogen) atoms. The van der Waals surface area contributed by atoms with Crippen molar-refractivity contribution in [3.05, 3.63) is 31.1 Å². The van der Waals surface area contributed by atoms with E-state index >= 15 is 0 Å². The Bertz CT molecular complexity index is 433.